The van der Waals surface area contributed by atoms with Gasteiger partial charge in [0.15, 0.2) is 5.58 Å². The monoisotopic (exact) mass is 300 g/mol. The van der Waals surface area contributed by atoms with Crippen LogP contribution in [0.3, 0.4) is 0 Å². The molecule has 116 valence electrons. The van der Waals surface area contributed by atoms with E-state index in [4.69, 9.17) is 15.3 Å². The molecule has 0 aliphatic rings. The minimum atomic E-state index is -0.803. The summed E-state index contributed by atoms with van der Waals surface area (Å²) in [5.74, 6) is 0. The van der Waals surface area contributed by atoms with Crippen LogP contribution < -0.4 is 10.6 Å². The fourth-order valence-corrected chi connectivity index (χ4v) is 2.79. The lowest BCUT2D eigenvalue weighted by Gasteiger charge is -2.22. The lowest BCUT2D eigenvalue weighted by atomic mass is 10.0. The number of nitrogen functional groups attached to an aromatic ring is 1. The Kier molecular flexibility index (Phi) is 3.68. The Morgan fingerprint density at radius 3 is 2.77 bits per heavy atom. The fraction of sp³-hybridized carbons (Fsp3) is 0.294. The molecule has 0 saturated heterocycles. The van der Waals surface area contributed by atoms with E-state index < -0.39 is 6.10 Å². The zero-order chi connectivity index (χ0) is 15.9. The van der Waals surface area contributed by atoms with Gasteiger partial charge in [0.05, 0.1) is 23.8 Å². The fourth-order valence-electron chi connectivity index (χ4n) is 2.79. The maximum absolute atomic E-state index is 9.68. The highest BCUT2D eigenvalue weighted by molar-refractivity contribution is 6.15. The summed E-state index contributed by atoms with van der Waals surface area (Å²) < 4.78 is 5.99. The second kappa shape index (κ2) is 5.51. The molecule has 1 aromatic heterocycles. The number of para-hydroxylation sites is 1. The van der Waals surface area contributed by atoms with Crippen LogP contribution in [0.5, 0.6) is 0 Å². The van der Waals surface area contributed by atoms with Crippen LogP contribution in [-0.4, -0.2) is 36.5 Å². The molecule has 1 heterocycles. The summed E-state index contributed by atoms with van der Waals surface area (Å²) in [7, 11) is 1.86. The van der Waals surface area contributed by atoms with Gasteiger partial charge in [-0.15, -0.1) is 0 Å². The van der Waals surface area contributed by atoms with Crippen LogP contribution in [0.2, 0.25) is 0 Å². The van der Waals surface area contributed by atoms with Crippen LogP contribution >= 0.6 is 0 Å². The van der Waals surface area contributed by atoms with Crippen molar-refractivity contribution in [2.75, 3.05) is 30.8 Å². The van der Waals surface area contributed by atoms with Gasteiger partial charge in [0, 0.05) is 24.7 Å². The van der Waals surface area contributed by atoms with E-state index in [9.17, 15) is 5.11 Å². The average molecular weight is 300 g/mol. The highest BCUT2D eigenvalue weighted by Crippen LogP contribution is 2.40. The molecule has 22 heavy (non-hydrogen) atoms. The SMILES string of the molecule is Cc1cc(N(C)CC(O)CO)c2oc3ccccc3c2c1N. The molecule has 4 N–H and O–H groups in total. The molecule has 1 atom stereocenters. The number of anilines is 2. The number of nitrogens with zero attached hydrogens (tertiary/aromatic N) is 1. The zero-order valence-corrected chi connectivity index (χ0v) is 12.7. The van der Waals surface area contributed by atoms with Gasteiger partial charge in [-0.3, -0.25) is 0 Å². The summed E-state index contributed by atoms with van der Waals surface area (Å²) in [6.45, 7) is 1.99. The van der Waals surface area contributed by atoms with Gasteiger partial charge in [-0.05, 0) is 24.6 Å². The third kappa shape index (κ3) is 2.28. The lowest BCUT2D eigenvalue weighted by Crippen LogP contribution is -2.31. The molecule has 5 heteroatoms. The maximum Gasteiger partial charge on any atom is 0.160 e. The summed E-state index contributed by atoms with van der Waals surface area (Å²) >= 11 is 0. The van der Waals surface area contributed by atoms with Crippen molar-refractivity contribution in [3.63, 3.8) is 0 Å². The number of benzene rings is 2. The molecule has 0 aliphatic heterocycles. The van der Waals surface area contributed by atoms with Gasteiger partial charge < -0.3 is 25.3 Å². The number of hydrogen-bond donors (Lipinski definition) is 3. The summed E-state index contributed by atoms with van der Waals surface area (Å²) in [4.78, 5) is 1.87. The quantitative estimate of drug-likeness (QED) is 0.644. The van der Waals surface area contributed by atoms with Gasteiger partial charge in [0.1, 0.15) is 5.58 Å². The molecule has 0 fully saturated rings. The second-order valence-electron chi connectivity index (χ2n) is 5.65. The van der Waals surface area contributed by atoms with Crippen molar-refractivity contribution in [1.82, 2.24) is 0 Å². The Bertz CT molecular complexity index is 825. The predicted molar refractivity (Wildman–Crippen MR) is 89.2 cm³/mol. The molecule has 0 aliphatic carbocycles. The first-order valence-corrected chi connectivity index (χ1v) is 7.23. The minimum Gasteiger partial charge on any atom is -0.454 e. The Labute approximate surface area is 128 Å². The van der Waals surface area contributed by atoms with E-state index in [0.717, 1.165) is 27.6 Å². The molecule has 0 spiro atoms. The van der Waals surface area contributed by atoms with E-state index >= 15 is 0 Å². The van der Waals surface area contributed by atoms with E-state index in [-0.39, 0.29) is 6.61 Å². The van der Waals surface area contributed by atoms with Gasteiger partial charge in [0.2, 0.25) is 0 Å². The molecule has 5 nitrogen and oxygen atoms in total. The summed E-state index contributed by atoms with van der Waals surface area (Å²) in [5.41, 5.74) is 10.3. The van der Waals surface area contributed by atoms with Crippen LogP contribution in [0.15, 0.2) is 34.7 Å². The van der Waals surface area contributed by atoms with Crippen molar-refractivity contribution in [1.29, 1.82) is 0 Å². The van der Waals surface area contributed by atoms with Gasteiger partial charge in [-0.25, -0.2) is 0 Å². The van der Waals surface area contributed by atoms with Crippen molar-refractivity contribution in [2.45, 2.75) is 13.0 Å². The Hall–Kier alpha value is -2.24. The van der Waals surface area contributed by atoms with Crippen molar-refractivity contribution in [3.8, 4) is 0 Å². The number of nitrogens with two attached hydrogens (primary N) is 1. The molecule has 1 unspecified atom stereocenters. The van der Waals surface area contributed by atoms with Crippen molar-refractivity contribution < 1.29 is 14.6 Å². The van der Waals surface area contributed by atoms with Gasteiger partial charge in [-0.1, -0.05) is 18.2 Å². The topological polar surface area (TPSA) is 82.9 Å². The highest BCUT2D eigenvalue weighted by atomic mass is 16.3. The largest absolute Gasteiger partial charge is 0.454 e. The van der Waals surface area contributed by atoms with Crippen molar-refractivity contribution in [3.05, 3.63) is 35.9 Å². The Balaban J connectivity index is 2.24. The smallest absolute Gasteiger partial charge is 0.160 e. The second-order valence-corrected chi connectivity index (χ2v) is 5.65. The van der Waals surface area contributed by atoms with Crippen LogP contribution in [0.4, 0.5) is 11.4 Å². The molecule has 3 aromatic rings. The number of aliphatic hydroxyl groups excluding tert-OH is 2. The van der Waals surface area contributed by atoms with Crippen molar-refractivity contribution >= 4 is 33.3 Å². The molecule has 2 aromatic carbocycles. The third-order valence-electron chi connectivity index (χ3n) is 3.98. The van der Waals surface area contributed by atoms with Crippen LogP contribution in [-0.2, 0) is 0 Å². The van der Waals surface area contributed by atoms with Gasteiger partial charge >= 0.3 is 0 Å². The standard InChI is InChI=1S/C17H20N2O3/c1-10-7-13(19(2)8-11(21)9-20)17-15(16(10)18)12-5-3-4-6-14(12)22-17/h3-7,11,20-21H,8-9,18H2,1-2H3. The number of fused-ring (bicyclic) bond motifs is 3. The number of aliphatic hydroxyl groups is 2. The zero-order valence-electron chi connectivity index (χ0n) is 12.7. The Morgan fingerprint density at radius 2 is 2.05 bits per heavy atom. The number of rotatable bonds is 4. The molecule has 0 radical (unpaired) electrons. The summed E-state index contributed by atoms with van der Waals surface area (Å²) in [6.07, 6.45) is -0.803. The van der Waals surface area contributed by atoms with E-state index in [1.807, 2.05) is 49.2 Å². The number of aryl methyl sites for hydroxylation is 1. The van der Waals surface area contributed by atoms with Crippen molar-refractivity contribution in [2.24, 2.45) is 0 Å². The summed E-state index contributed by atoms with van der Waals surface area (Å²) in [5, 5.41) is 20.6. The molecular weight excluding hydrogens is 280 g/mol. The molecule has 0 bridgehead atoms. The maximum atomic E-state index is 9.68. The van der Waals surface area contributed by atoms with E-state index in [1.54, 1.807) is 0 Å². The first-order valence-electron chi connectivity index (χ1n) is 7.23. The molecule has 0 amide bonds. The first-order chi connectivity index (χ1) is 10.5. The van der Waals surface area contributed by atoms with Gasteiger partial charge in [-0.2, -0.15) is 0 Å². The lowest BCUT2D eigenvalue weighted by molar-refractivity contribution is 0.101. The number of likely N-dealkylation sites (N-methyl/N-ethyl adjacent to an activating group) is 1. The van der Waals surface area contributed by atoms with Crippen LogP contribution in [0.25, 0.3) is 21.9 Å². The highest BCUT2D eigenvalue weighted by Gasteiger charge is 2.19. The van der Waals surface area contributed by atoms with E-state index in [1.165, 1.54) is 0 Å². The van der Waals surface area contributed by atoms with E-state index in [0.29, 0.717) is 17.8 Å². The van der Waals surface area contributed by atoms with Gasteiger partial charge in [0.25, 0.3) is 0 Å². The molecule has 0 saturated carbocycles. The van der Waals surface area contributed by atoms with E-state index in [2.05, 4.69) is 0 Å². The van der Waals surface area contributed by atoms with Crippen LogP contribution in [0.1, 0.15) is 5.56 Å². The number of furan rings is 1. The molecule has 3 rings (SSSR count). The third-order valence-corrected chi connectivity index (χ3v) is 3.98. The first kappa shape index (κ1) is 14.7. The number of hydrogen-bond acceptors (Lipinski definition) is 5. The predicted octanol–water partition coefficient (Wildman–Crippen LogP) is 2.27. The normalized spacial score (nSPS) is 12.9. The Morgan fingerprint density at radius 1 is 1.32 bits per heavy atom. The van der Waals surface area contributed by atoms with Crippen LogP contribution in [0, 0.1) is 6.92 Å². The summed E-state index contributed by atoms with van der Waals surface area (Å²) in [6, 6.07) is 9.73. The molecular formula is C17H20N2O3. The minimum absolute atomic E-state index is 0.276. The average Bonchev–Trinajstić information content (AvgIpc) is 2.90.